The van der Waals surface area contributed by atoms with E-state index < -0.39 is 0 Å². The summed E-state index contributed by atoms with van der Waals surface area (Å²) in [6.45, 7) is 0. The zero-order valence-electron chi connectivity index (χ0n) is 10.9. The molecule has 2 aromatic carbocycles. The maximum atomic E-state index is 5.95. The number of fused-ring (bicyclic) bond motifs is 1. The van der Waals surface area contributed by atoms with Gasteiger partial charge in [-0.3, -0.25) is 4.98 Å². The first kappa shape index (κ1) is 12.8. The molecule has 0 aliphatic carbocycles. The Balaban J connectivity index is 2.15. The lowest BCUT2D eigenvalue weighted by Gasteiger charge is -2.11. The van der Waals surface area contributed by atoms with Gasteiger partial charge in [-0.05, 0) is 28.5 Å². The summed E-state index contributed by atoms with van der Waals surface area (Å²) in [7, 11) is 0. The maximum absolute atomic E-state index is 5.95. The molecule has 0 saturated heterocycles. The topological polar surface area (TPSA) is 38.9 Å². The molecule has 0 atom stereocenters. The molecule has 0 bridgehead atoms. The zero-order valence-corrected chi connectivity index (χ0v) is 11.7. The van der Waals surface area contributed by atoms with Crippen molar-refractivity contribution in [1.29, 1.82) is 0 Å². The van der Waals surface area contributed by atoms with Gasteiger partial charge in [0.15, 0.2) is 0 Å². The summed E-state index contributed by atoms with van der Waals surface area (Å²) in [5, 5.41) is 2.26. The standard InChI is InChI=1S/C17H14N2S/c18-17(20)16-13(11-14-6-3-4-10-19-14)9-8-12-5-1-2-7-15(12)16/h1-10H,11H2,(H2,18,20). The first-order valence-corrected chi connectivity index (χ1v) is 6.87. The van der Waals surface area contributed by atoms with Crippen molar-refractivity contribution < 1.29 is 0 Å². The van der Waals surface area contributed by atoms with Crippen LogP contribution in [0, 0.1) is 0 Å². The molecular formula is C17H14N2S. The highest BCUT2D eigenvalue weighted by Crippen LogP contribution is 2.24. The molecule has 1 aromatic heterocycles. The molecule has 20 heavy (non-hydrogen) atoms. The first-order valence-electron chi connectivity index (χ1n) is 6.46. The SMILES string of the molecule is NC(=S)c1c(Cc2ccccn2)ccc2ccccc12. The predicted molar refractivity (Wildman–Crippen MR) is 86.9 cm³/mol. The third-order valence-electron chi connectivity index (χ3n) is 3.36. The van der Waals surface area contributed by atoms with Gasteiger partial charge in [0.25, 0.3) is 0 Å². The number of hydrogen-bond donors (Lipinski definition) is 1. The van der Waals surface area contributed by atoms with Gasteiger partial charge in [0, 0.05) is 23.9 Å². The van der Waals surface area contributed by atoms with Crippen LogP contribution in [-0.4, -0.2) is 9.97 Å². The number of thiocarbonyl (C=S) groups is 1. The molecule has 0 unspecified atom stereocenters. The number of aromatic nitrogens is 1. The zero-order chi connectivity index (χ0) is 13.9. The number of pyridine rings is 1. The second-order valence-corrected chi connectivity index (χ2v) is 5.12. The summed E-state index contributed by atoms with van der Waals surface area (Å²) in [6.07, 6.45) is 2.54. The lowest BCUT2D eigenvalue weighted by Crippen LogP contribution is -2.13. The predicted octanol–water partition coefficient (Wildman–Crippen LogP) is 3.46. The van der Waals surface area contributed by atoms with Gasteiger partial charge in [0.1, 0.15) is 4.99 Å². The van der Waals surface area contributed by atoms with E-state index in [1.165, 1.54) is 0 Å². The Hall–Kier alpha value is -2.26. The Bertz CT molecular complexity index is 766. The second kappa shape index (κ2) is 5.39. The molecule has 0 radical (unpaired) electrons. The molecule has 2 nitrogen and oxygen atoms in total. The quantitative estimate of drug-likeness (QED) is 0.746. The fourth-order valence-corrected chi connectivity index (χ4v) is 2.69. The van der Waals surface area contributed by atoms with Gasteiger partial charge in [0.05, 0.1) is 0 Å². The van der Waals surface area contributed by atoms with Crippen LogP contribution in [0.2, 0.25) is 0 Å². The molecule has 3 aromatic rings. The van der Waals surface area contributed by atoms with Gasteiger partial charge in [-0.1, -0.05) is 54.7 Å². The minimum Gasteiger partial charge on any atom is -0.389 e. The van der Waals surface area contributed by atoms with Crippen molar-refractivity contribution in [3.63, 3.8) is 0 Å². The molecule has 0 saturated carbocycles. The van der Waals surface area contributed by atoms with Gasteiger partial charge >= 0.3 is 0 Å². The summed E-state index contributed by atoms with van der Waals surface area (Å²) in [6, 6.07) is 18.3. The van der Waals surface area contributed by atoms with E-state index in [0.717, 1.165) is 34.0 Å². The van der Waals surface area contributed by atoms with E-state index >= 15 is 0 Å². The van der Waals surface area contributed by atoms with Crippen molar-refractivity contribution in [2.75, 3.05) is 0 Å². The second-order valence-electron chi connectivity index (χ2n) is 4.68. The fraction of sp³-hybridized carbons (Fsp3) is 0.0588. The van der Waals surface area contributed by atoms with Crippen LogP contribution in [0.15, 0.2) is 60.8 Å². The Kier molecular flexibility index (Phi) is 3.44. The monoisotopic (exact) mass is 278 g/mol. The number of hydrogen-bond acceptors (Lipinski definition) is 2. The molecule has 0 spiro atoms. The summed E-state index contributed by atoms with van der Waals surface area (Å²) in [5.74, 6) is 0. The van der Waals surface area contributed by atoms with E-state index in [4.69, 9.17) is 18.0 Å². The van der Waals surface area contributed by atoms with Crippen molar-refractivity contribution in [2.24, 2.45) is 5.73 Å². The summed E-state index contributed by atoms with van der Waals surface area (Å²) in [5.41, 5.74) is 9.04. The lowest BCUT2D eigenvalue weighted by atomic mass is 9.96. The van der Waals surface area contributed by atoms with Gasteiger partial charge in [-0.2, -0.15) is 0 Å². The van der Waals surface area contributed by atoms with E-state index in [1.54, 1.807) is 6.20 Å². The van der Waals surface area contributed by atoms with E-state index in [1.807, 2.05) is 30.3 Å². The van der Waals surface area contributed by atoms with Crippen LogP contribution < -0.4 is 5.73 Å². The fourth-order valence-electron chi connectivity index (χ4n) is 2.45. The smallest absolute Gasteiger partial charge is 0.104 e. The van der Waals surface area contributed by atoms with Crippen LogP contribution in [0.1, 0.15) is 16.8 Å². The maximum Gasteiger partial charge on any atom is 0.104 e. The molecule has 0 fully saturated rings. The van der Waals surface area contributed by atoms with Crippen LogP contribution >= 0.6 is 12.2 Å². The average Bonchev–Trinajstić information content (AvgIpc) is 2.47. The Morgan fingerprint density at radius 2 is 1.80 bits per heavy atom. The van der Waals surface area contributed by atoms with Gasteiger partial charge < -0.3 is 5.73 Å². The molecule has 1 heterocycles. The van der Waals surface area contributed by atoms with Crippen LogP contribution in [0.4, 0.5) is 0 Å². The van der Waals surface area contributed by atoms with Crippen molar-refractivity contribution in [3.8, 4) is 0 Å². The molecule has 98 valence electrons. The van der Waals surface area contributed by atoms with E-state index in [0.29, 0.717) is 4.99 Å². The average molecular weight is 278 g/mol. The molecule has 0 aliphatic heterocycles. The number of nitrogens with zero attached hydrogens (tertiary/aromatic N) is 1. The Morgan fingerprint density at radius 1 is 1.00 bits per heavy atom. The third-order valence-corrected chi connectivity index (χ3v) is 3.56. The van der Waals surface area contributed by atoms with Crippen LogP contribution in [-0.2, 0) is 6.42 Å². The highest BCUT2D eigenvalue weighted by molar-refractivity contribution is 7.80. The minimum absolute atomic E-state index is 0.438. The first-order chi connectivity index (χ1) is 9.75. The Labute approximate surface area is 123 Å². The van der Waals surface area contributed by atoms with E-state index in [2.05, 4.69) is 29.2 Å². The molecule has 3 heteroatoms. The minimum atomic E-state index is 0.438. The Morgan fingerprint density at radius 3 is 2.55 bits per heavy atom. The van der Waals surface area contributed by atoms with Gasteiger partial charge in [-0.25, -0.2) is 0 Å². The summed E-state index contributed by atoms with van der Waals surface area (Å²) in [4.78, 5) is 4.81. The van der Waals surface area contributed by atoms with Gasteiger partial charge in [-0.15, -0.1) is 0 Å². The van der Waals surface area contributed by atoms with Crippen molar-refractivity contribution in [2.45, 2.75) is 6.42 Å². The normalized spacial score (nSPS) is 10.6. The molecule has 0 amide bonds. The lowest BCUT2D eigenvalue weighted by molar-refractivity contribution is 1.07. The van der Waals surface area contributed by atoms with Gasteiger partial charge in [0.2, 0.25) is 0 Å². The van der Waals surface area contributed by atoms with Crippen molar-refractivity contribution >= 4 is 28.0 Å². The highest BCUT2D eigenvalue weighted by atomic mass is 32.1. The van der Waals surface area contributed by atoms with Crippen molar-refractivity contribution in [1.82, 2.24) is 4.98 Å². The highest BCUT2D eigenvalue weighted by Gasteiger charge is 2.10. The van der Waals surface area contributed by atoms with E-state index in [-0.39, 0.29) is 0 Å². The third kappa shape index (κ3) is 2.40. The summed E-state index contributed by atoms with van der Waals surface area (Å²) < 4.78 is 0. The number of nitrogens with two attached hydrogens (primary N) is 1. The van der Waals surface area contributed by atoms with Crippen LogP contribution in [0.3, 0.4) is 0 Å². The summed E-state index contributed by atoms with van der Waals surface area (Å²) >= 11 is 5.25. The molecule has 2 N–H and O–H groups in total. The van der Waals surface area contributed by atoms with E-state index in [9.17, 15) is 0 Å². The van der Waals surface area contributed by atoms with Crippen LogP contribution in [0.25, 0.3) is 10.8 Å². The molecule has 3 rings (SSSR count). The molecule has 0 aliphatic rings. The van der Waals surface area contributed by atoms with Crippen molar-refractivity contribution in [3.05, 3.63) is 77.6 Å². The number of benzene rings is 2. The molecular weight excluding hydrogens is 264 g/mol. The number of rotatable bonds is 3. The van der Waals surface area contributed by atoms with Crippen LogP contribution in [0.5, 0.6) is 0 Å². The largest absolute Gasteiger partial charge is 0.389 e.